The standard InChI is InChI=1S/C21H34N2O5S2Si/c1-9-11-27-19(25)16-14(12-29-20(26)22-10-2)30-18-15(17(24)23(16)18)13(3)28-31(7,8)21(4,5)6/h9,13,15,18H,1,10-12H2,2-8H3,(H,22,26)/t13-,15+,18-/m1/s1. The molecule has 1 saturated heterocycles. The molecule has 0 aromatic heterocycles. The second-order valence-corrected chi connectivity index (χ2v) is 16.0. The van der Waals surface area contributed by atoms with Crippen molar-refractivity contribution in [1.82, 2.24) is 10.2 Å². The van der Waals surface area contributed by atoms with Crippen LogP contribution in [0.2, 0.25) is 18.1 Å². The Morgan fingerprint density at radius 2 is 2.03 bits per heavy atom. The number of nitrogens with one attached hydrogen (secondary N) is 1. The van der Waals surface area contributed by atoms with Crippen molar-refractivity contribution >= 4 is 49.0 Å². The van der Waals surface area contributed by atoms with Crippen molar-refractivity contribution in [2.24, 2.45) is 5.92 Å². The van der Waals surface area contributed by atoms with Crippen LogP contribution in [-0.2, 0) is 18.8 Å². The summed E-state index contributed by atoms with van der Waals surface area (Å²) in [5.41, 5.74) is 0.245. The minimum absolute atomic E-state index is 0.0307. The lowest BCUT2D eigenvalue weighted by Crippen LogP contribution is -2.62. The van der Waals surface area contributed by atoms with Crippen LogP contribution < -0.4 is 5.32 Å². The third-order valence-electron chi connectivity index (χ3n) is 5.83. The van der Waals surface area contributed by atoms with E-state index in [-0.39, 0.29) is 45.9 Å². The molecule has 0 saturated carbocycles. The lowest BCUT2D eigenvalue weighted by atomic mass is 9.92. The summed E-state index contributed by atoms with van der Waals surface area (Å²) in [4.78, 5) is 39.9. The molecule has 0 aliphatic carbocycles. The Morgan fingerprint density at radius 1 is 1.39 bits per heavy atom. The van der Waals surface area contributed by atoms with Gasteiger partial charge in [0, 0.05) is 17.2 Å². The first-order valence-electron chi connectivity index (χ1n) is 10.4. The molecule has 0 bridgehead atoms. The highest BCUT2D eigenvalue weighted by Crippen LogP contribution is 2.52. The zero-order valence-electron chi connectivity index (χ0n) is 19.4. The van der Waals surface area contributed by atoms with Crippen molar-refractivity contribution in [1.29, 1.82) is 0 Å². The molecule has 0 aromatic rings. The van der Waals surface area contributed by atoms with Gasteiger partial charge < -0.3 is 14.5 Å². The Bertz CT molecular complexity index is 778. The number of carbonyl (C=O) groups is 3. The number of β-lactam (4-membered cyclic amide) rings is 1. The Hall–Kier alpha value is -1.23. The molecule has 0 spiro atoms. The zero-order valence-corrected chi connectivity index (χ0v) is 22.1. The van der Waals surface area contributed by atoms with E-state index in [0.717, 1.165) is 11.8 Å². The van der Waals surface area contributed by atoms with E-state index in [4.69, 9.17) is 9.16 Å². The highest BCUT2D eigenvalue weighted by Gasteiger charge is 2.59. The Balaban J connectivity index is 2.19. The summed E-state index contributed by atoms with van der Waals surface area (Å²) in [5, 5.41) is 2.37. The first-order valence-corrected chi connectivity index (χ1v) is 15.2. The summed E-state index contributed by atoms with van der Waals surface area (Å²) >= 11 is 2.54. The zero-order chi connectivity index (χ0) is 23.6. The average Bonchev–Trinajstić information content (AvgIpc) is 2.97. The van der Waals surface area contributed by atoms with Crippen LogP contribution in [0.1, 0.15) is 34.6 Å². The molecule has 2 aliphatic rings. The molecule has 0 unspecified atom stereocenters. The van der Waals surface area contributed by atoms with Gasteiger partial charge in [0.15, 0.2) is 8.32 Å². The van der Waals surface area contributed by atoms with Crippen LogP contribution in [0.3, 0.4) is 0 Å². The van der Waals surface area contributed by atoms with E-state index in [1.165, 1.54) is 22.7 Å². The molecule has 0 radical (unpaired) electrons. The summed E-state index contributed by atoms with van der Waals surface area (Å²) < 4.78 is 11.7. The Morgan fingerprint density at radius 3 is 2.58 bits per heavy atom. The molecule has 0 aromatic carbocycles. The van der Waals surface area contributed by atoms with Crippen LogP contribution in [0.25, 0.3) is 0 Å². The van der Waals surface area contributed by atoms with Gasteiger partial charge in [-0.1, -0.05) is 45.2 Å². The van der Waals surface area contributed by atoms with E-state index in [2.05, 4.69) is 45.8 Å². The van der Waals surface area contributed by atoms with Crippen molar-refractivity contribution in [3.63, 3.8) is 0 Å². The van der Waals surface area contributed by atoms with Crippen LogP contribution in [0.5, 0.6) is 0 Å². The summed E-state index contributed by atoms with van der Waals surface area (Å²) in [6.45, 7) is 18.8. The average molecular weight is 487 g/mol. The fourth-order valence-corrected chi connectivity index (χ4v) is 7.08. The van der Waals surface area contributed by atoms with Gasteiger partial charge in [0.05, 0.1) is 12.0 Å². The topological polar surface area (TPSA) is 84.9 Å². The third kappa shape index (κ3) is 5.58. The number of fused-ring (bicyclic) bond motifs is 1. The highest BCUT2D eigenvalue weighted by molar-refractivity contribution is 8.15. The predicted octanol–water partition coefficient (Wildman–Crippen LogP) is 4.33. The monoisotopic (exact) mass is 486 g/mol. The lowest BCUT2D eigenvalue weighted by molar-refractivity contribution is -0.157. The minimum atomic E-state index is -2.05. The fourth-order valence-electron chi connectivity index (χ4n) is 3.18. The number of hydrogen-bond donors (Lipinski definition) is 1. The molecule has 1 fully saturated rings. The molecule has 2 aliphatic heterocycles. The van der Waals surface area contributed by atoms with Crippen molar-refractivity contribution in [3.8, 4) is 0 Å². The van der Waals surface area contributed by atoms with Crippen molar-refractivity contribution < 1.29 is 23.5 Å². The summed E-state index contributed by atoms with van der Waals surface area (Å²) in [5.74, 6) is -0.730. The molecule has 10 heteroatoms. The maximum absolute atomic E-state index is 13.1. The summed E-state index contributed by atoms with van der Waals surface area (Å²) in [6.07, 6.45) is 1.22. The Labute approximate surface area is 194 Å². The maximum atomic E-state index is 13.1. The number of rotatable bonds is 9. The van der Waals surface area contributed by atoms with E-state index in [1.54, 1.807) is 0 Å². The van der Waals surface area contributed by atoms with Crippen LogP contribution in [0, 0.1) is 5.92 Å². The normalized spacial score (nSPS) is 22.0. The SMILES string of the molecule is C=CCOC(=O)C1=C(CSC(=O)NCC)S[C@@H]2[C@@H]([C@@H](C)O[Si](C)(C)C(C)(C)C)C(=O)N12. The fraction of sp³-hybridized carbons (Fsp3) is 0.667. The summed E-state index contributed by atoms with van der Waals surface area (Å²) in [6, 6.07) is 0. The van der Waals surface area contributed by atoms with Crippen molar-refractivity contribution in [3.05, 3.63) is 23.3 Å². The van der Waals surface area contributed by atoms with Gasteiger partial charge in [-0.05, 0) is 32.0 Å². The molecule has 31 heavy (non-hydrogen) atoms. The Kier molecular flexibility index (Phi) is 8.51. The first kappa shape index (κ1) is 26.0. The minimum Gasteiger partial charge on any atom is -0.457 e. The molecular weight excluding hydrogens is 452 g/mol. The quantitative estimate of drug-likeness (QED) is 0.225. The smallest absolute Gasteiger partial charge is 0.356 e. The van der Waals surface area contributed by atoms with Gasteiger partial charge in [0.1, 0.15) is 17.7 Å². The number of thioether (sulfide) groups is 2. The van der Waals surface area contributed by atoms with Gasteiger partial charge in [-0.3, -0.25) is 14.5 Å². The van der Waals surface area contributed by atoms with E-state index in [1.807, 2.05) is 13.8 Å². The number of hydrogen-bond acceptors (Lipinski definition) is 7. The van der Waals surface area contributed by atoms with Gasteiger partial charge in [-0.25, -0.2) is 4.79 Å². The van der Waals surface area contributed by atoms with Crippen molar-refractivity contribution in [2.75, 3.05) is 18.9 Å². The van der Waals surface area contributed by atoms with Crippen LogP contribution >= 0.6 is 23.5 Å². The van der Waals surface area contributed by atoms with Crippen LogP contribution in [-0.4, -0.2) is 60.7 Å². The molecule has 2 heterocycles. The van der Waals surface area contributed by atoms with E-state index in [0.29, 0.717) is 17.2 Å². The molecule has 2 rings (SSSR count). The largest absolute Gasteiger partial charge is 0.457 e. The van der Waals surface area contributed by atoms with Gasteiger partial charge >= 0.3 is 5.97 Å². The van der Waals surface area contributed by atoms with Gasteiger partial charge in [-0.15, -0.1) is 11.8 Å². The molecule has 3 atom stereocenters. The molecule has 7 nitrogen and oxygen atoms in total. The third-order valence-corrected chi connectivity index (χ3v) is 12.8. The maximum Gasteiger partial charge on any atom is 0.356 e. The van der Waals surface area contributed by atoms with Gasteiger partial charge in [0.25, 0.3) is 5.24 Å². The molecule has 2 amide bonds. The van der Waals surface area contributed by atoms with Gasteiger partial charge in [0.2, 0.25) is 5.91 Å². The van der Waals surface area contributed by atoms with Crippen LogP contribution in [0.15, 0.2) is 23.3 Å². The number of amides is 2. The van der Waals surface area contributed by atoms with E-state index < -0.39 is 14.3 Å². The number of ether oxygens (including phenoxy) is 1. The number of nitrogens with zero attached hydrogens (tertiary/aromatic N) is 1. The second-order valence-electron chi connectivity index (χ2n) is 9.09. The van der Waals surface area contributed by atoms with Gasteiger partial charge in [-0.2, -0.15) is 0 Å². The lowest BCUT2D eigenvalue weighted by Gasteiger charge is -2.48. The predicted molar refractivity (Wildman–Crippen MR) is 129 cm³/mol. The van der Waals surface area contributed by atoms with Crippen LogP contribution in [0.4, 0.5) is 4.79 Å². The molecular formula is C21H34N2O5S2Si. The highest BCUT2D eigenvalue weighted by atomic mass is 32.2. The first-order chi connectivity index (χ1) is 14.4. The molecule has 1 N–H and O–H groups in total. The van der Waals surface area contributed by atoms with E-state index >= 15 is 0 Å². The van der Waals surface area contributed by atoms with E-state index in [9.17, 15) is 14.4 Å². The second kappa shape index (κ2) is 10.1. The number of carbonyl (C=O) groups excluding carboxylic acids is 3. The summed E-state index contributed by atoms with van der Waals surface area (Å²) in [7, 11) is -2.05. The molecule has 174 valence electrons. The number of esters is 1. The van der Waals surface area contributed by atoms with Crippen molar-refractivity contribution in [2.45, 2.75) is 64.2 Å².